The zero-order valence-corrected chi connectivity index (χ0v) is 11.9. The molecule has 0 aliphatic carbocycles. The smallest absolute Gasteiger partial charge is 0.115 e. The fraction of sp³-hybridized carbons (Fsp3) is 0.294. The van der Waals surface area contributed by atoms with Gasteiger partial charge in [-0.25, -0.2) is 0 Å². The highest BCUT2D eigenvalue weighted by Gasteiger charge is 2.15. The first kappa shape index (κ1) is 14.6. The Morgan fingerprint density at radius 1 is 1.10 bits per heavy atom. The lowest BCUT2D eigenvalue weighted by atomic mass is 10.1. The molecule has 0 aliphatic heterocycles. The summed E-state index contributed by atoms with van der Waals surface area (Å²) in [5, 5.41) is 9.62. The van der Waals surface area contributed by atoms with E-state index in [0.29, 0.717) is 12.3 Å². The van der Waals surface area contributed by atoms with Crippen LogP contribution in [0, 0.1) is 0 Å². The van der Waals surface area contributed by atoms with Crippen LogP contribution in [0.1, 0.15) is 24.1 Å². The fourth-order valence-electron chi connectivity index (χ4n) is 2.39. The highest BCUT2D eigenvalue weighted by molar-refractivity contribution is 5.29. The monoisotopic (exact) mass is 270 g/mol. The molecule has 2 rings (SSSR count). The van der Waals surface area contributed by atoms with E-state index in [1.807, 2.05) is 24.3 Å². The van der Waals surface area contributed by atoms with Crippen LogP contribution in [0.2, 0.25) is 0 Å². The summed E-state index contributed by atoms with van der Waals surface area (Å²) < 4.78 is 0. The molecular formula is C17H22N2O. The van der Waals surface area contributed by atoms with Crippen molar-refractivity contribution in [2.75, 3.05) is 13.1 Å². The van der Waals surface area contributed by atoms with E-state index in [9.17, 15) is 5.11 Å². The van der Waals surface area contributed by atoms with Crippen molar-refractivity contribution < 1.29 is 5.11 Å². The van der Waals surface area contributed by atoms with Crippen molar-refractivity contribution in [3.63, 3.8) is 0 Å². The molecule has 20 heavy (non-hydrogen) atoms. The van der Waals surface area contributed by atoms with E-state index in [4.69, 9.17) is 5.73 Å². The van der Waals surface area contributed by atoms with Crippen molar-refractivity contribution >= 4 is 0 Å². The molecule has 0 spiro atoms. The van der Waals surface area contributed by atoms with Gasteiger partial charge in [-0.1, -0.05) is 42.5 Å². The Balaban J connectivity index is 2.15. The summed E-state index contributed by atoms with van der Waals surface area (Å²) in [5.41, 5.74) is 8.11. The minimum absolute atomic E-state index is 0.214. The third-order valence-corrected chi connectivity index (χ3v) is 3.55. The quantitative estimate of drug-likeness (QED) is 0.848. The number of nitrogens with zero attached hydrogens (tertiary/aromatic N) is 1. The first-order valence-electron chi connectivity index (χ1n) is 6.97. The van der Waals surface area contributed by atoms with Crippen LogP contribution in [-0.2, 0) is 6.54 Å². The molecule has 0 radical (unpaired) electrons. The van der Waals surface area contributed by atoms with Crippen molar-refractivity contribution in [3.8, 4) is 5.75 Å². The van der Waals surface area contributed by atoms with Crippen molar-refractivity contribution in [1.82, 2.24) is 4.90 Å². The molecule has 0 saturated carbocycles. The van der Waals surface area contributed by atoms with Gasteiger partial charge in [0.15, 0.2) is 0 Å². The van der Waals surface area contributed by atoms with Crippen molar-refractivity contribution in [2.24, 2.45) is 5.73 Å². The summed E-state index contributed by atoms with van der Waals surface area (Å²) in [6.45, 7) is 4.45. The highest BCUT2D eigenvalue weighted by atomic mass is 16.3. The van der Waals surface area contributed by atoms with Crippen LogP contribution in [0.4, 0.5) is 0 Å². The van der Waals surface area contributed by atoms with Gasteiger partial charge in [-0.15, -0.1) is 0 Å². The van der Waals surface area contributed by atoms with E-state index in [1.54, 1.807) is 6.07 Å². The molecule has 3 heteroatoms. The predicted octanol–water partition coefficient (Wildman–Crippen LogP) is 2.91. The van der Waals surface area contributed by atoms with Crippen LogP contribution in [0.15, 0.2) is 54.6 Å². The molecule has 0 amide bonds. The average molecular weight is 270 g/mol. The van der Waals surface area contributed by atoms with Crippen LogP contribution >= 0.6 is 0 Å². The van der Waals surface area contributed by atoms with Gasteiger partial charge in [0.25, 0.3) is 0 Å². The molecule has 3 N–H and O–H groups in total. The van der Waals surface area contributed by atoms with E-state index in [2.05, 4.69) is 36.1 Å². The third-order valence-electron chi connectivity index (χ3n) is 3.55. The van der Waals surface area contributed by atoms with Gasteiger partial charge >= 0.3 is 0 Å². The average Bonchev–Trinajstić information content (AvgIpc) is 2.47. The molecule has 0 aliphatic rings. The molecule has 0 fully saturated rings. The van der Waals surface area contributed by atoms with E-state index >= 15 is 0 Å². The van der Waals surface area contributed by atoms with Crippen LogP contribution in [0.5, 0.6) is 5.75 Å². The largest absolute Gasteiger partial charge is 0.508 e. The van der Waals surface area contributed by atoms with Gasteiger partial charge in [0, 0.05) is 25.7 Å². The second-order valence-corrected chi connectivity index (χ2v) is 5.02. The van der Waals surface area contributed by atoms with E-state index in [0.717, 1.165) is 18.7 Å². The molecule has 106 valence electrons. The number of hydrogen-bond acceptors (Lipinski definition) is 3. The Labute approximate surface area is 120 Å². The number of rotatable bonds is 6. The summed E-state index contributed by atoms with van der Waals surface area (Å²) in [7, 11) is 0. The Hall–Kier alpha value is -1.84. The van der Waals surface area contributed by atoms with Gasteiger partial charge < -0.3 is 10.8 Å². The van der Waals surface area contributed by atoms with Gasteiger partial charge in [0.05, 0.1) is 0 Å². The summed E-state index contributed by atoms with van der Waals surface area (Å²) in [5.74, 6) is 0.307. The summed E-state index contributed by atoms with van der Waals surface area (Å²) in [4.78, 5) is 2.32. The second kappa shape index (κ2) is 7.08. The van der Waals surface area contributed by atoms with Crippen molar-refractivity contribution in [1.29, 1.82) is 0 Å². The van der Waals surface area contributed by atoms with E-state index < -0.39 is 0 Å². The molecule has 3 nitrogen and oxygen atoms in total. The maximum absolute atomic E-state index is 9.62. The molecule has 2 aromatic carbocycles. The Morgan fingerprint density at radius 3 is 2.50 bits per heavy atom. The molecule has 0 heterocycles. The van der Waals surface area contributed by atoms with Crippen LogP contribution in [0.25, 0.3) is 0 Å². The maximum Gasteiger partial charge on any atom is 0.115 e. The Bertz CT molecular complexity index is 528. The zero-order chi connectivity index (χ0) is 14.4. The number of benzene rings is 2. The maximum atomic E-state index is 9.62. The lowest BCUT2D eigenvalue weighted by molar-refractivity contribution is 0.207. The normalized spacial score (nSPS) is 12.6. The lowest BCUT2D eigenvalue weighted by Gasteiger charge is -2.29. The van der Waals surface area contributed by atoms with Crippen LogP contribution in [-0.4, -0.2) is 23.1 Å². The summed E-state index contributed by atoms with van der Waals surface area (Å²) >= 11 is 0. The van der Waals surface area contributed by atoms with Gasteiger partial charge in [0.1, 0.15) is 5.75 Å². The first-order valence-corrected chi connectivity index (χ1v) is 6.97. The number of phenolic OH excluding ortho intramolecular Hbond substituents is 1. The predicted molar refractivity (Wildman–Crippen MR) is 82.4 cm³/mol. The molecule has 0 saturated heterocycles. The standard InChI is InChI=1S/C17H22N2O/c1-14(16-8-5-9-17(20)12-16)19(11-10-18)13-15-6-3-2-4-7-15/h2-9,12,14,20H,10-11,13,18H2,1H3. The summed E-state index contributed by atoms with van der Waals surface area (Å²) in [6, 6.07) is 18.0. The summed E-state index contributed by atoms with van der Waals surface area (Å²) in [6.07, 6.45) is 0. The highest BCUT2D eigenvalue weighted by Crippen LogP contribution is 2.24. The number of hydrogen-bond donors (Lipinski definition) is 2. The second-order valence-electron chi connectivity index (χ2n) is 5.02. The van der Waals surface area contributed by atoms with Crippen LogP contribution < -0.4 is 5.73 Å². The molecule has 1 unspecified atom stereocenters. The fourth-order valence-corrected chi connectivity index (χ4v) is 2.39. The minimum atomic E-state index is 0.214. The van der Waals surface area contributed by atoms with Gasteiger partial charge in [-0.2, -0.15) is 0 Å². The Kier molecular flexibility index (Phi) is 5.16. The van der Waals surface area contributed by atoms with Gasteiger partial charge in [-0.05, 0) is 30.2 Å². The van der Waals surface area contributed by atoms with Crippen molar-refractivity contribution in [2.45, 2.75) is 19.5 Å². The number of nitrogens with two attached hydrogens (primary N) is 1. The SMILES string of the molecule is CC(c1cccc(O)c1)N(CCN)Cc1ccccc1. The lowest BCUT2D eigenvalue weighted by Crippen LogP contribution is -2.31. The van der Waals surface area contributed by atoms with Gasteiger partial charge in [0.2, 0.25) is 0 Å². The number of phenols is 1. The third kappa shape index (κ3) is 3.83. The molecular weight excluding hydrogens is 248 g/mol. The minimum Gasteiger partial charge on any atom is -0.508 e. The molecule has 1 atom stereocenters. The first-order chi connectivity index (χ1) is 9.70. The topological polar surface area (TPSA) is 49.5 Å². The molecule has 0 bridgehead atoms. The number of aromatic hydroxyl groups is 1. The van der Waals surface area contributed by atoms with Crippen molar-refractivity contribution in [3.05, 3.63) is 65.7 Å². The molecule has 2 aromatic rings. The van der Waals surface area contributed by atoms with E-state index in [1.165, 1.54) is 5.56 Å². The zero-order valence-electron chi connectivity index (χ0n) is 11.9. The van der Waals surface area contributed by atoms with Crippen LogP contribution in [0.3, 0.4) is 0 Å². The molecule has 0 aromatic heterocycles. The van der Waals surface area contributed by atoms with Gasteiger partial charge in [-0.3, -0.25) is 4.90 Å². The Morgan fingerprint density at radius 2 is 1.85 bits per heavy atom. The van der Waals surface area contributed by atoms with E-state index in [-0.39, 0.29) is 6.04 Å².